The van der Waals surface area contributed by atoms with Gasteiger partial charge in [0.1, 0.15) is 5.75 Å². The van der Waals surface area contributed by atoms with E-state index in [4.69, 9.17) is 0 Å². The van der Waals surface area contributed by atoms with Crippen LogP contribution in [0.2, 0.25) is 0 Å². The van der Waals surface area contributed by atoms with Gasteiger partial charge in [0.2, 0.25) is 0 Å². The molecule has 1 aromatic carbocycles. The summed E-state index contributed by atoms with van der Waals surface area (Å²) in [4.78, 5) is 13.9. The molecule has 0 saturated heterocycles. The van der Waals surface area contributed by atoms with Gasteiger partial charge >= 0.3 is 6.61 Å². The Morgan fingerprint density at radius 2 is 2.10 bits per heavy atom. The summed E-state index contributed by atoms with van der Waals surface area (Å²) in [5.41, 5.74) is 0.272. The van der Waals surface area contributed by atoms with Crippen LogP contribution in [-0.2, 0) is 0 Å². The molecule has 116 valence electrons. The van der Waals surface area contributed by atoms with Crippen LogP contribution in [0.15, 0.2) is 24.3 Å². The van der Waals surface area contributed by atoms with Crippen LogP contribution in [0.3, 0.4) is 0 Å². The number of hydrogen-bond acceptors (Lipinski definition) is 3. The van der Waals surface area contributed by atoms with E-state index in [1.807, 2.05) is 0 Å². The molecule has 6 heteroatoms. The Morgan fingerprint density at radius 1 is 1.38 bits per heavy atom. The maximum Gasteiger partial charge on any atom is 0.387 e. The van der Waals surface area contributed by atoms with E-state index < -0.39 is 12.7 Å². The van der Waals surface area contributed by atoms with Gasteiger partial charge in [0.25, 0.3) is 5.91 Å². The summed E-state index contributed by atoms with van der Waals surface area (Å²) in [7, 11) is 1.63. The van der Waals surface area contributed by atoms with Crippen LogP contribution in [0.1, 0.15) is 36.0 Å². The lowest BCUT2D eigenvalue weighted by Crippen LogP contribution is -2.46. The molecule has 21 heavy (non-hydrogen) atoms. The number of benzene rings is 1. The van der Waals surface area contributed by atoms with Gasteiger partial charge in [-0.3, -0.25) is 4.79 Å². The zero-order valence-electron chi connectivity index (χ0n) is 11.8. The first kappa shape index (κ1) is 15.7. The van der Waals surface area contributed by atoms with Crippen molar-refractivity contribution in [1.82, 2.24) is 4.90 Å². The average Bonchev–Trinajstić information content (AvgIpc) is 2.46. The molecule has 1 amide bonds. The van der Waals surface area contributed by atoms with Crippen molar-refractivity contribution in [3.05, 3.63) is 29.8 Å². The first-order valence-electron chi connectivity index (χ1n) is 6.99. The van der Waals surface area contributed by atoms with Crippen molar-refractivity contribution in [2.75, 3.05) is 7.05 Å². The van der Waals surface area contributed by atoms with Crippen molar-refractivity contribution in [3.8, 4) is 5.75 Å². The molecule has 0 aliphatic heterocycles. The Balaban J connectivity index is 2.11. The summed E-state index contributed by atoms with van der Waals surface area (Å²) >= 11 is 0. The molecule has 1 saturated carbocycles. The highest BCUT2D eigenvalue weighted by molar-refractivity contribution is 5.94. The molecular weight excluding hydrogens is 280 g/mol. The largest absolute Gasteiger partial charge is 0.435 e. The lowest BCUT2D eigenvalue weighted by molar-refractivity contribution is -0.0499. The minimum Gasteiger partial charge on any atom is -0.435 e. The van der Waals surface area contributed by atoms with E-state index in [0.717, 1.165) is 19.3 Å². The number of nitrogens with zero attached hydrogens (tertiary/aromatic N) is 1. The van der Waals surface area contributed by atoms with Crippen molar-refractivity contribution in [2.45, 2.75) is 44.4 Å². The molecule has 1 aromatic rings. The fraction of sp³-hybridized carbons (Fsp3) is 0.533. The number of halogens is 2. The second kappa shape index (κ2) is 6.85. The molecule has 1 aliphatic rings. The number of hydrogen-bond donors (Lipinski definition) is 1. The number of alkyl halides is 2. The highest BCUT2D eigenvalue weighted by Gasteiger charge is 2.29. The van der Waals surface area contributed by atoms with Crippen molar-refractivity contribution < 1.29 is 23.4 Å². The molecule has 2 unspecified atom stereocenters. The summed E-state index contributed by atoms with van der Waals surface area (Å²) in [6.45, 7) is -2.92. The standard InChI is InChI=1S/C15H19F2NO3/c1-18(12-7-2-3-8-13(12)19)14(20)10-5-4-6-11(9-10)21-15(16)17/h4-6,9,12-13,15,19H,2-3,7-8H2,1H3. The van der Waals surface area contributed by atoms with Gasteiger partial charge in [0.15, 0.2) is 0 Å². The van der Waals surface area contributed by atoms with Crippen LogP contribution in [-0.4, -0.2) is 41.7 Å². The molecule has 1 fully saturated rings. The summed E-state index contributed by atoms with van der Waals surface area (Å²) < 4.78 is 28.7. The van der Waals surface area contributed by atoms with Crippen LogP contribution in [0, 0.1) is 0 Å². The van der Waals surface area contributed by atoms with Gasteiger partial charge in [-0.25, -0.2) is 0 Å². The lowest BCUT2D eigenvalue weighted by atomic mass is 9.91. The topological polar surface area (TPSA) is 49.8 Å². The Morgan fingerprint density at radius 3 is 2.76 bits per heavy atom. The minimum absolute atomic E-state index is 0.0477. The monoisotopic (exact) mass is 299 g/mol. The molecule has 0 spiro atoms. The summed E-state index contributed by atoms with van der Waals surface area (Å²) in [6.07, 6.45) is 2.81. The Bertz CT molecular complexity index is 496. The number of aliphatic hydroxyl groups is 1. The first-order valence-corrected chi connectivity index (χ1v) is 6.99. The van der Waals surface area contributed by atoms with Crippen LogP contribution < -0.4 is 4.74 Å². The summed E-state index contributed by atoms with van der Waals surface area (Å²) in [5.74, 6) is -0.353. The maximum absolute atomic E-state index is 12.4. The van der Waals surface area contributed by atoms with Crippen LogP contribution >= 0.6 is 0 Å². The van der Waals surface area contributed by atoms with E-state index in [9.17, 15) is 18.7 Å². The SMILES string of the molecule is CN(C(=O)c1cccc(OC(F)F)c1)C1CCCCC1O. The third kappa shape index (κ3) is 3.91. The van der Waals surface area contributed by atoms with Crippen LogP contribution in [0.25, 0.3) is 0 Å². The predicted molar refractivity (Wildman–Crippen MR) is 73.4 cm³/mol. The van der Waals surface area contributed by atoms with Crippen LogP contribution in [0.4, 0.5) is 8.78 Å². The summed E-state index contributed by atoms with van der Waals surface area (Å²) in [5, 5.41) is 9.99. The molecule has 0 aromatic heterocycles. The van der Waals surface area contributed by atoms with E-state index in [1.54, 1.807) is 13.1 Å². The first-order chi connectivity index (χ1) is 9.99. The Kier molecular flexibility index (Phi) is 5.12. The molecular formula is C15H19F2NO3. The second-order valence-corrected chi connectivity index (χ2v) is 5.24. The molecule has 0 bridgehead atoms. The highest BCUT2D eigenvalue weighted by atomic mass is 19.3. The highest BCUT2D eigenvalue weighted by Crippen LogP contribution is 2.24. The zero-order valence-corrected chi connectivity index (χ0v) is 11.8. The number of likely N-dealkylation sites (N-methyl/N-ethyl adjacent to an activating group) is 1. The summed E-state index contributed by atoms with van der Waals surface area (Å²) in [6, 6.07) is 5.48. The molecule has 2 rings (SSSR count). The second-order valence-electron chi connectivity index (χ2n) is 5.24. The van der Waals surface area contributed by atoms with E-state index in [0.29, 0.717) is 6.42 Å². The third-order valence-corrected chi connectivity index (χ3v) is 3.82. The number of ether oxygens (including phenoxy) is 1. The number of amides is 1. The zero-order chi connectivity index (χ0) is 15.4. The van der Waals surface area contributed by atoms with Crippen LogP contribution in [0.5, 0.6) is 5.75 Å². The number of rotatable bonds is 4. The van der Waals surface area contributed by atoms with Gasteiger partial charge in [-0.05, 0) is 31.0 Å². The molecule has 2 atom stereocenters. The minimum atomic E-state index is -2.92. The lowest BCUT2D eigenvalue weighted by Gasteiger charge is -2.35. The van der Waals surface area contributed by atoms with Gasteiger partial charge in [-0.1, -0.05) is 18.9 Å². The van der Waals surface area contributed by atoms with Crippen molar-refractivity contribution in [1.29, 1.82) is 0 Å². The van der Waals surface area contributed by atoms with Crippen molar-refractivity contribution in [2.24, 2.45) is 0 Å². The van der Waals surface area contributed by atoms with Gasteiger partial charge in [0.05, 0.1) is 12.1 Å². The Hall–Kier alpha value is -1.69. The molecule has 1 aliphatic carbocycles. The maximum atomic E-state index is 12.4. The molecule has 0 radical (unpaired) electrons. The predicted octanol–water partition coefficient (Wildman–Crippen LogP) is 2.66. The molecule has 0 heterocycles. The van der Waals surface area contributed by atoms with E-state index in [-0.39, 0.29) is 23.3 Å². The Labute approximate surface area is 122 Å². The molecule has 4 nitrogen and oxygen atoms in total. The third-order valence-electron chi connectivity index (χ3n) is 3.82. The van der Waals surface area contributed by atoms with Crippen molar-refractivity contribution in [3.63, 3.8) is 0 Å². The quantitative estimate of drug-likeness (QED) is 0.930. The van der Waals surface area contributed by atoms with Gasteiger partial charge in [0, 0.05) is 12.6 Å². The number of aliphatic hydroxyl groups excluding tert-OH is 1. The molecule has 1 N–H and O–H groups in total. The van der Waals surface area contributed by atoms with E-state index >= 15 is 0 Å². The fourth-order valence-corrected chi connectivity index (χ4v) is 2.70. The van der Waals surface area contributed by atoms with Gasteiger partial charge in [-0.15, -0.1) is 0 Å². The number of carbonyl (C=O) groups is 1. The van der Waals surface area contributed by atoms with Gasteiger partial charge in [-0.2, -0.15) is 8.78 Å². The normalized spacial score (nSPS) is 22.1. The van der Waals surface area contributed by atoms with Gasteiger partial charge < -0.3 is 14.7 Å². The average molecular weight is 299 g/mol. The van der Waals surface area contributed by atoms with E-state index in [2.05, 4.69) is 4.74 Å². The van der Waals surface area contributed by atoms with Crippen molar-refractivity contribution >= 4 is 5.91 Å². The smallest absolute Gasteiger partial charge is 0.387 e. The fourth-order valence-electron chi connectivity index (χ4n) is 2.70. The number of carbonyl (C=O) groups excluding carboxylic acids is 1. The van der Waals surface area contributed by atoms with E-state index in [1.165, 1.54) is 23.1 Å².